The first-order valence-electron chi connectivity index (χ1n) is 10.4. The topological polar surface area (TPSA) is 83.5 Å². The van der Waals surface area contributed by atoms with Crippen LogP contribution in [0, 0.1) is 5.92 Å². The predicted octanol–water partition coefficient (Wildman–Crippen LogP) is 2.40. The molecular formula is C22H29N3O3. The number of aliphatic hydroxyl groups excluding tert-OH is 1. The summed E-state index contributed by atoms with van der Waals surface area (Å²) in [6, 6.07) is 9.63. The molecule has 1 amide bonds. The number of benzene rings is 1. The molecule has 1 aliphatic carbocycles. The van der Waals surface area contributed by atoms with Crippen molar-refractivity contribution in [3.8, 4) is 5.75 Å². The van der Waals surface area contributed by atoms with Gasteiger partial charge in [-0.15, -0.1) is 0 Å². The Morgan fingerprint density at radius 2 is 2.04 bits per heavy atom. The Balaban J connectivity index is 1.53. The third kappa shape index (κ3) is 3.98. The fourth-order valence-electron chi connectivity index (χ4n) is 4.39. The molecule has 2 aliphatic rings. The summed E-state index contributed by atoms with van der Waals surface area (Å²) in [6.07, 6.45) is 6.65. The van der Waals surface area contributed by atoms with E-state index in [0.717, 1.165) is 49.7 Å². The number of ether oxygens (including phenoxy) is 1. The number of carbonyl (C=O) groups is 1. The third-order valence-corrected chi connectivity index (χ3v) is 6.13. The minimum Gasteiger partial charge on any atom is -0.477 e. The van der Waals surface area contributed by atoms with Gasteiger partial charge in [-0.2, -0.15) is 0 Å². The Bertz CT molecular complexity index is 814. The molecule has 0 unspecified atom stereocenters. The Morgan fingerprint density at radius 3 is 2.86 bits per heavy atom. The van der Waals surface area contributed by atoms with Crippen LogP contribution < -0.4 is 15.4 Å². The van der Waals surface area contributed by atoms with E-state index in [1.54, 1.807) is 6.20 Å². The zero-order valence-corrected chi connectivity index (χ0v) is 16.2. The van der Waals surface area contributed by atoms with Crippen LogP contribution in [0.15, 0.2) is 36.5 Å². The monoisotopic (exact) mass is 383 g/mol. The van der Waals surface area contributed by atoms with Gasteiger partial charge in [0.15, 0.2) is 5.60 Å². The highest BCUT2D eigenvalue weighted by Crippen LogP contribution is 2.32. The van der Waals surface area contributed by atoms with E-state index in [1.807, 2.05) is 30.3 Å². The molecule has 150 valence electrons. The maximum atomic E-state index is 13.2. The smallest absolute Gasteiger partial charge is 0.264 e. The number of hydrogen-bond donors (Lipinski definition) is 3. The van der Waals surface area contributed by atoms with E-state index in [9.17, 15) is 9.90 Å². The molecule has 1 aromatic heterocycles. The lowest BCUT2D eigenvalue weighted by molar-refractivity contribution is -0.139. The van der Waals surface area contributed by atoms with Crippen molar-refractivity contribution in [2.45, 2.75) is 50.2 Å². The number of amides is 1. The molecule has 1 aliphatic heterocycles. The van der Waals surface area contributed by atoms with Gasteiger partial charge in [0, 0.05) is 36.9 Å². The van der Waals surface area contributed by atoms with Crippen molar-refractivity contribution in [2.75, 3.05) is 19.6 Å². The van der Waals surface area contributed by atoms with Crippen molar-refractivity contribution >= 4 is 16.8 Å². The number of nitrogens with one attached hydrogen (secondary N) is 2. The average molecular weight is 383 g/mol. The van der Waals surface area contributed by atoms with Crippen LogP contribution in [0.2, 0.25) is 0 Å². The van der Waals surface area contributed by atoms with Crippen LogP contribution in [0.4, 0.5) is 0 Å². The summed E-state index contributed by atoms with van der Waals surface area (Å²) in [7, 11) is 0. The van der Waals surface area contributed by atoms with Crippen LogP contribution in [-0.2, 0) is 4.79 Å². The molecule has 0 radical (unpaired) electrons. The highest BCUT2D eigenvalue weighted by Gasteiger charge is 2.42. The molecule has 2 heterocycles. The van der Waals surface area contributed by atoms with Gasteiger partial charge in [0.1, 0.15) is 5.75 Å². The average Bonchev–Trinajstić information content (AvgIpc) is 2.74. The van der Waals surface area contributed by atoms with Gasteiger partial charge in [-0.3, -0.25) is 9.78 Å². The van der Waals surface area contributed by atoms with Gasteiger partial charge < -0.3 is 20.5 Å². The minimum atomic E-state index is -0.894. The molecule has 6 nitrogen and oxygen atoms in total. The molecule has 6 heteroatoms. The first kappa shape index (κ1) is 19.2. The second-order valence-corrected chi connectivity index (χ2v) is 7.99. The Morgan fingerprint density at radius 1 is 1.21 bits per heavy atom. The molecule has 28 heavy (non-hydrogen) atoms. The Labute approximate surface area is 165 Å². The van der Waals surface area contributed by atoms with Crippen molar-refractivity contribution in [1.29, 1.82) is 0 Å². The summed E-state index contributed by atoms with van der Waals surface area (Å²) in [5, 5.41) is 17.5. The fraction of sp³-hybridized carbons (Fsp3) is 0.545. The minimum absolute atomic E-state index is 0.0762. The largest absolute Gasteiger partial charge is 0.477 e. The lowest BCUT2D eigenvalue weighted by Gasteiger charge is -2.37. The summed E-state index contributed by atoms with van der Waals surface area (Å²) in [5.41, 5.74) is -0.0375. The number of nitrogens with zero attached hydrogens (tertiary/aromatic N) is 1. The molecule has 3 N–H and O–H groups in total. The molecule has 2 fully saturated rings. The first-order chi connectivity index (χ1) is 13.7. The Kier molecular flexibility index (Phi) is 5.78. The summed E-state index contributed by atoms with van der Waals surface area (Å²) in [4.78, 5) is 17.6. The van der Waals surface area contributed by atoms with Crippen LogP contribution in [0.25, 0.3) is 10.9 Å². The van der Waals surface area contributed by atoms with Gasteiger partial charge in [0.05, 0.1) is 11.6 Å². The van der Waals surface area contributed by atoms with Crippen LogP contribution in [0.3, 0.4) is 0 Å². The van der Waals surface area contributed by atoms with E-state index < -0.39 is 5.60 Å². The van der Waals surface area contributed by atoms with E-state index in [1.165, 1.54) is 0 Å². The summed E-state index contributed by atoms with van der Waals surface area (Å²) in [6.45, 7) is 1.99. The lowest BCUT2D eigenvalue weighted by Crippen LogP contribution is -2.57. The van der Waals surface area contributed by atoms with E-state index in [4.69, 9.17) is 4.74 Å². The van der Waals surface area contributed by atoms with E-state index in [0.29, 0.717) is 25.1 Å². The SMILES string of the molecule is O=C(NC[C@H]1CCCC[C@H]1O)C1(Oc2cccc3ncccc23)CCNCC1. The molecule has 4 rings (SSSR count). The second-order valence-electron chi connectivity index (χ2n) is 7.99. The normalized spacial score (nSPS) is 24.6. The van der Waals surface area contributed by atoms with Crippen molar-refractivity contribution in [1.82, 2.24) is 15.6 Å². The highest BCUT2D eigenvalue weighted by atomic mass is 16.5. The summed E-state index contributed by atoms with van der Waals surface area (Å²) in [5.74, 6) is 0.756. The number of aliphatic hydroxyl groups is 1. The summed E-state index contributed by atoms with van der Waals surface area (Å²) < 4.78 is 6.43. The molecule has 0 spiro atoms. The summed E-state index contributed by atoms with van der Waals surface area (Å²) >= 11 is 0. The zero-order chi connectivity index (χ0) is 19.4. The predicted molar refractivity (Wildman–Crippen MR) is 108 cm³/mol. The highest BCUT2D eigenvalue weighted by molar-refractivity contribution is 5.88. The van der Waals surface area contributed by atoms with Crippen molar-refractivity contribution in [3.63, 3.8) is 0 Å². The third-order valence-electron chi connectivity index (χ3n) is 6.13. The maximum absolute atomic E-state index is 13.2. The maximum Gasteiger partial charge on any atom is 0.264 e. The molecule has 1 aromatic carbocycles. The number of carbonyl (C=O) groups excluding carboxylic acids is 1. The van der Waals surface area contributed by atoms with Crippen LogP contribution in [0.5, 0.6) is 5.75 Å². The fourth-order valence-corrected chi connectivity index (χ4v) is 4.39. The molecule has 2 atom stereocenters. The van der Waals surface area contributed by atoms with Crippen LogP contribution in [0.1, 0.15) is 38.5 Å². The molecule has 1 saturated carbocycles. The van der Waals surface area contributed by atoms with Crippen molar-refractivity contribution in [3.05, 3.63) is 36.5 Å². The van der Waals surface area contributed by atoms with Crippen molar-refractivity contribution in [2.24, 2.45) is 5.92 Å². The standard InChI is InChI=1S/C22H29N3O3/c26-19-8-2-1-5-16(19)15-25-21(27)22(10-13-23-14-11-22)28-20-9-3-7-18-17(20)6-4-12-24-18/h3-4,6-7,9,12,16,19,23,26H,1-2,5,8,10-11,13-15H2,(H,25,27)/t16-,19-/m1/s1. The number of rotatable bonds is 5. The molecule has 0 bridgehead atoms. The molecular weight excluding hydrogens is 354 g/mol. The van der Waals surface area contributed by atoms with E-state index >= 15 is 0 Å². The molecule has 1 saturated heterocycles. The van der Waals surface area contributed by atoms with Gasteiger partial charge in [-0.05, 0) is 50.2 Å². The van der Waals surface area contributed by atoms with Crippen LogP contribution >= 0.6 is 0 Å². The zero-order valence-electron chi connectivity index (χ0n) is 16.2. The van der Waals surface area contributed by atoms with Crippen molar-refractivity contribution < 1.29 is 14.6 Å². The van der Waals surface area contributed by atoms with Gasteiger partial charge in [0.25, 0.3) is 5.91 Å². The van der Waals surface area contributed by atoms with E-state index in [2.05, 4.69) is 15.6 Å². The first-order valence-corrected chi connectivity index (χ1v) is 10.4. The van der Waals surface area contributed by atoms with Gasteiger partial charge in [-0.1, -0.05) is 18.9 Å². The number of hydrogen-bond acceptors (Lipinski definition) is 5. The van der Waals surface area contributed by atoms with Crippen LogP contribution in [-0.4, -0.2) is 47.3 Å². The van der Waals surface area contributed by atoms with Gasteiger partial charge in [-0.25, -0.2) is 0 Å². The number of fused-ring (bicyclic) bond motifs is 1. The second kappa shape index (κ2) is 8.45. The molecule has 2 aromatic rings. The lowest BCUT2D eigenvalue weighted by atomic mass is 9.86. The van der Waals surface area contributed by atoms with Gasteiger partial charge >= 0.3 is 0 Å². The number of aromatic nitrogens is 1. The van der Waals surface area contributed by atoms with Gasteiger partial charge in [0.2, 0.25) is 0 Å². The Hall–Kier alpha value is -2.18. The number of pyridine rings is 1. The number of piperidine rings is 1. The van der Waals surface area contributed by atoms with E-state index in [-0.39, 0.29) is 17.9 Å². The quantitative estimate of drug-likeness (QED) is 0.738.